The van der Waals surface area contributed by atoms with Crippen LogP contribution in [0.2, 0.25) is 0 Å². The zero-order valence-electron chi connectivity index (χ0n) is 14.8. The average Bonchev–Trinajstić information content (AvgIpc) is 3.25. The summed E-state index contributed by atoms with van der Waals surface area (Å²) in [5.74, 6) is -0.554. The molecule has 2 fully saturated rings. The van der Waals surface area contributed by atoms with Gasteiger partial charge in [-0.1, -0.05) is 30.3 Å². The molecule has 6 heteroatoms. The number of likely N-dealkylation sites (tertiary alicyclic amines) is 1. The molecule has 0 spiro atoms. The number of hydrogen-bond donors (Lipinski definition) is 1. The molecule has 1 aliphatic heterocycles. The largest absolute Gasteiger partial charge is 0.481 e. The van der Waals surface area contributed by atoms with Crippen molar-refractivity contribution in [1.82, 2.24) is 14.7 Å². The van der Waals surface area contributed by atoms with Gasteiger partial charge in [0.05, 0.1) is 5.41 Å². The van der Waals surface area contributed by atoms with Crippen LogP contribution in [0.1, 0.15) is 41.2 Å². The number of carboxylic acids is 1. The van der Waals surface area contributed by atoms with Gasteiger partial charge in [0.2, 0.25) is 0 Å². The highest BCUT2D eigenvalue weighted by molar-refractivity contribution is 5.93. The lowest BCUT2D eigenvalue weighted by atomic mass is 9.64. The monoisotopic (exact) mass is 353 g/mol. The average molecular weight is 353 g/mol. The van der Waals surface area contributed by atoms with Crippen LogP contribution in [-0.2, 0) is 11.8 Å². The van der Waals surface area contributed by atoms with Crippen molar-refractivity contribution in [3.8, 4) is 0 Å². The minimum absolute atomic E-state index is 0.0175. The fraction of sp³-hybridized carbons (Fsp3) is 0.450. The molecule has 1 aromatic heterocycles. The lowest BCUT2D eigenvalue weighted by Gasteiger charge is -2.38. The maximum Gasteiger partial charge on any atom is 0.311 e. The Balaban J connectivity index is 1.59. The van der Waals surface area contributed by atoms with Crippen LogP contribution < -0.4 is 0 Å². The maximum atomic E-state index is 12.9. The van der Waals surface area contributed by atoms with Gasteiger partial charge in [-0.15, -0.1) is 0 Å². The standard InChI is InChI=1S/C20H23N3O3/c1-22-17(8-10-21-22)18(24)23-12-16-11-15(14-5-3-2-4-6-14)7-9-20(16,13-23)19(25)26/h2-6,8,10,15-16H,7,9,11-13H2,1H3,(H,25,26)/t15-,16-,20-/m0/s1. The first-order chi connectivity index (χ1) is 12.5. The molecule has 4 rings (SSSR count). The minimum Gasteiger partial charge on any atom is -0.481 e. The summed E-state index contributed by atoms with van der Waals surface area (Å²) in [6, 6.07) is 12.0. The molecule has 1 saturated heterocycles. The molecule has 1 aliphatic carbocycles. The number of amides is 1. The Kier molecular flexibility index (Phi) is 4.05. The molecule has 2 aromatic rings. The van der Waals surface area contributed by atoms with Crippen molar-refractivity contribution < 1.29 is 14.7 Å². The molecule has 0 unspecified atom stereocenters. The van der Waals surface area contributed by atoms with Crippen LogP contribution in [0, 0.1) is 11.3 Å². The fourth-order valence-electron chi connectivity index (χ4n) is 4.73. The first kappa shape index (κ1) is 16.8. The van der Waals surface area contributed by atoms with Crippen LogP contribution >= 0.6 is 0 Å². The summed E-state index contributed by atoms with van der Waals surface area (Å²) < 4.78 is 1.55. The SMILES string of the molecule is Cn1nccc1C(=O)N1C[C@@H]2C[C@@H](c3ccccc3)CC[C@]2(C(=O)O)C1. The van der Waals surface area contributed by atoms with Gasteiger partial charge in [0.25, 0.3) is 5.91 Å². The first-order valence-corrected chi connectivity index (χ1v) is 9.07. The van der Waals surface area contributed by atoms with Crippen LogP contribution in [0.25, 0.3) is 0 Å². The number of rotatable bonds is 3. The van der Waals surface area contributed by atoms with Crippen LogP contribution in [0.3, 0.4) is 0 Å². The van der Waals surface area contributed by atoms with Gasteiger partial charge in [-0.25, -0.2) is 0 Å². The quantitative estimate of drug-likeness (QED) is 0.920. The molecule has 1 N–H and O–H groups in total. The highest BCUT2D eigenvalue weighted by Gasteiger charge is 2.56. The molecule has 1 saturated carbocycles. The predicted molar refractivity (Wildman–Crippen MR) is 95.7 cm³/mol. The molecule has 6 nitrogen and oxygen atoms in total. The summed E-state index contributed by atoms with van der Waals surface area (Å²) in [4.78, 5) is 26.7. The van der Waals surface area contributed by atoms with Crippen molar-refractivity contribution >= 4 is 11.9 Å². The molecule has 1 aromatic carbocycles. The van der Waals surface area contributed by atoms with Crippen LogP contribution in [0.5, 0.6) is 0 Å². The molecule has 26 heavy (non-hydrogen) atoms. The van der Waals surface area contributed by atoms with Gasteiger partial charge >= 0.3 is 5.97 Å². The smallest absolute Gasteiger partial charge is 0.311 e. The maximum absolute atomic E-state index is 12.9. The molecule has 0 radical (unpaired) electrons. The number of fused-ring (bicyclic) bond motifs is 1. The zero-order chi connectivity index (χ0) is 18.3. The molecular weight excluding hydrogens is 330 g/mol. The van der Waals surface area contributed by atoms with Gasteiger partial charge in [-0.3, -0.25) is 14.3 Å². The summed E-state index contributed by atoms with van der Waals surface area (Å²) in [5.41, 5.74) is 0.950. The molecule has 3 atom stereocenters. The number of aliphatic carboxylic acids is 1. The topological polar surface area (TPSA) is 75.4 Å². The third-order valence-electron chi connectivity index (χ3n) is 6.23. The fourth-order valence-corrected chi connectivity index (χ4v) is 4.73. The second kappa shape index (κ2) is 6.27. The predicted octanol–water partition coefficient (Wildman–Crippen LogP) is 2.53. The summed E-state index contributed by atoms with van der Waals surface area (Å²) in [6.07, 6.45) is 3.86. The van der Waals surface area contributed by atoms with E-state index in [0.29, 0.717) is 31.1 Å². The summed E-state index contributed by atoms with van der Waals surface area (Å²) in [5, 5.41) is 14.0. The van der Waals surface area contributed by atoms with E-state index in [4.69, 9.17) is 0 Å². The van der Waals surface area contributed by atoms with Gasteiger partial charge in [0, 0.05) is 26.3 Å². The van der Waals surface area contributed by atoms with Crippen molar-refractivity contribution in [3.05, 3.63) is 53.9 Å². The lowest BCUT2D eigenvalue weighted by molar-refractivity contribution is -0.152. The van der Waals surface area contributed by atoms with E-state index in [0.717, 1.165) is 12.8 Å². The van der Waals surface area contributed by atoms with Gasteiger partial charge in [-0.2, -0.15) is 5.10 Å². The number of carbonyl (C=O) groups is 2. The molecule has 2 heterocycles. The first-order valence-electron chi connectivity index (χ1n) is 9.07. The number of carboxylic acid groups (broad SMARTS) is 1. The molecular formula is C20H23N3O3. The number of aryl methyl sites for hydroxylation is 1. The number of nitrogens with zero attached hydrogens (tertiary/aromatic N) is 3. The van der Waals surface area contributed by atoms with Crippen molar-refractivity contribution in [1.29, 1.82) is 0 Å². The van der Waals surface area contributed by atoms with Crippen molar-refractivity contribution in [3.63, 3.8) is 0 Å². The van der Waals surface area contributed by atoms with E-state index in [1.54, 1.807) is 28.9 Å². The summed E-state index contributed by atoms with van der Waals surface area (Å²) in [7, 11) is 1.73. The Bertz CT molecular complexity index is 832. The summed E-state index contributed by atoms with van der Waals surface area (Å²) in [6.45, 7) is 0.790. The van der Waals surface area contributed by atoms with Gasteiger partial charge < -0.3 is 10.0 Å². The van der Waals surface area contributed by atoms with E-state index in [1.165, 1.54) is 5.56 Å². The van der Waals surface area contributed by atoms with Gasteiger partial charge in [0.1, 0.15) is 5.69 Å². The molecule has 136 valence electrons. The Morgan fingerprint density at radius 1 is 1.23 bits per heavy atom. The van der Waals surface area contributed by atoms with E-state index in [2.05, 4.69) is 17.2 Å². The molecule has 1 amide bonds. The second-order valence-electron chi connectivity index (χ2n) is 7.57. The molecule has 2 aliphatic rings. The summed E-state index contributed by atoms with van der Waals surface area (Å²) >= 11 is 0. The van der Waals surface area contributed by atoms with E-state index in [-0.39, 0.29) is 11.8 Å². The van der Waals surface area contributed by atoms with Crippen molar-refractivity contribution in [2.75, 3.05) is 13.1 Å². The Morgan fingerprint density at radius 3 is 2.65 bits per heavy atom. The van der Waals surface area contributed by atoms with Crippen LogP contribution in [0.15, 0.2) is 42.6 Å². The number of carbonyl (C=O) groups excluding carboxylic acids is 1. The lowest BCUT2D eigenvalue weighted by Crippen LogP contribution is -2.43. The number of hydrogen-bond acceptors (Lipinski definition) is 3. The van der Waals surface area contributed by atoms with E-state index in [9.17, 15) is 14.7 Å². The number of benzene rings is 1. The van der Waals surface area contributed by atoms with E-state index in [1.807, 2.05) is 18.2 Å². The third-order valence-corrected chi connectivity index (χ3v) is 6.23. The van der Waals surface area contributed by atoms with Crippen molar-refractivity contribution in [2.45, 2.75) is 25.2 Å². The Labute approximate surface area is 152 Å². The Morgan fingerprint density at radius 2 is 2.00 bits per heavy atom. The van der Waals surface area contributed by atoms with E-state index < -0.39 is 11.4 Å². The highest BCUT2D eigenvalue weighted by atomic mass is 16.4. The zero-order valence-corrected chi connectivity index (χ0v) is 14.8. The molecule has 0 bridgehead atoms. The Hall–Kier alpha value is -2.63. The van der Waals surface area contributed by atoms with Gasteiger partial charge in [-0.05, 0) is 42.7 Å². The van der Waals surface area contributed by atoms with Crippen LogP contribution in [-0.4, -0.2) is 44.8 Å². The third kappa shape index (κ3) is 2.60. The number of aromatic nitrogens is 2. The minimum atomic E-state index is -0.820. The van der Waals surface area contributed by atoms with Crippen LogP contribution in [0.4, 0.5) is 0 Å². The highest BCUT2D eigenvalue weighted by Crippen LogP contribution is 2.51. The normalized spacial score (nSPS) is 28.0. The second-order valence-corrected chi connectivity index (χ2v) is 7.57. The van der Waals surface area contributed by atoms with Gasteiger partial charge in [0.15, 0.2) is 0 Å². The van der Waals surface area contributed by atoms with E-state index >= 15 is 0 Å². The van der Waals surface area contributed by atoms with Crippen molar-refractivity contribution in [2.24, 2.45) is 18.4 Å².